The van der Waals surface area contributed by atoms with E-state index in [2.05, 4.69) is 31.9 Å². The molecule has 0 unspecified atom stereocenters. The molecule has 3 amide bonds. The second-order valence-electron chi connectivity index (χ2n) is 10.3. The first kappa shape index (κ1) is 32.2. The van der Waals surface area contributed by atoms with Gasteiger partial charge in [0.05, 0.1) is 35.1 Å². The molecular formula is C31H24Br2Cl2N2O7. The third kappa shape index (κ3) is 6.56. The van der Waals surface area contributed by atoms with E-state index >= 15 is 0 Å². The Morgan fingerprint density at radius 3 is 2.09 bits per heavy atom. The van der Waals surface area contributed by atoms with E-state index in [1.165, 1.54) is 55.6 Å². The molecule has 4 atom stereocenters. The van der Waals surface area contributed by atoms with Crippen LogP contribution < -0.4 is 9.47 Å². The first-order valence-electron chi connectivity index (χ1n) is 13.4. The molecule has 3 aromatic rings. The fourth-order valence-corrected chi connectivity index (χ4v) is 6.93. The number of alkyl halides is 2. The Labute approximate surface area is 279 Å². The van der Waals surface area contributed by atoms with E-state index in [-0.39, 0.29) is 42.1 Å². The number of methoxy groups -OCH3 is 1. The van der Waals surface area contributed by atoms with E-state index in [0.717, 1.165) is 10.0 Å². The Kier molecular flexibility index (Phi) is 9.79. The molecule has 0 spiro atoms. The molecule has 5 rings (SSSR count). The lowest BCUT2D eigenvalue weighted by Gasteiger charge is -2.30. The van der Waals surface area contributed by atoms with Crippen LogP contribution in [0.5, 0.6) is 11.5 Å². The lowest BCUT2D eigenvalue weighted by molar-refractivity contribution is -0.154. The summed E-state index contributed by atoms with van der Waals surface area (Å²) in [5.41, 5.74) is 0.400. The molecule has 0 aromatic heterocycles. The van der Waals surface area contributed by atoms with Gasteiger partial charge in [0.1, 0.15) is 18.0 Å². The zero-order chi connectivity index (χ0) is 31.7. The summed E-state index contributed by atoms with van der Waals surface area (Å²) in [5.74, 6) is -3.74. The summed E-state index contributed by atoms with van der Waals surface area (Å²) in [6, 6.07) is 16.4. The number of nitrogens with zero attached hydrogens (tertiary/aromatic N) is 2. The van der Waals surface area contributed by atoms with Crippen molar-refractivity contribution >= 4 is 84.5 Å². The third-order valence-electron chi connectivity index (χ3n) is 7.51. The molecule has 1 heterocycles. The molecule has 2 aliphatic rings. The molecule has 2 fully saturated rings. The standard InChI is InChI=1S/C31H24Br2Cl2N2O7/c1-43-20-4-2-3-17(11-20)31(42)44-19-8-5-16(6-9-19)27(38)15-36(28(39)21-10-7-18(34)12-26(21)35)37-29(40)22-13-24(32)25(33)14-23(22)30(37)41/h2-12,22-25H,13-15H2,1H3/t22-,23-,24+,25+/m1/s1. The second-order valence-corrected chi connectivity index (χ2v) is 13.5. The van der Waals surface area contributed by atoms with Gasteiger partial charge in [-0.2, -0.15) is 5.01 Å². The molecule has 0 bridgehead atoms. The minimum absolute atomic E-state index is 0.000269. The predicted octanol–water partition coefficient (Wildman–Crippen LogP) is 6.38. The maximum absolute atomic E-state index is 13.8. The van der Waals surface area contributed by atoms with Gasteiger partial charge >= 0.3 is 5.97 Å². The molecule has 1 saturated carbocycles. The first-order valence-corrected chi connectivity index (χ1v) is 16.0. The van der Waals surface area contributed by atoms with Crippen LogP contribution in [0, 0.1) is 11.8 Å². The maximum Gasteiger partial charge on any atom is 0.343 e. The van der Waals surface area contributed by atoms with Crippen LogP contribution in [0.25, 0.3) is 0 Å². The highest BCUT2D eigenvalue weighted by Crippen LogP contribution is 2.44. The quantitative estimate of drug-likeness (QED) is 0.0861. The normalized spacial score (nSPS) is 21.1. The lowest BCUT2D eigenvalue weighted by Crippen LogP contribution is -2.52. The van der Waals surface area contributed by atoms with Crippen molar-refractivity contribution in [3.8, 4) is 11.5 Å². The zero-order valence-electron chi connectivity index (χ0n) is 23.0. The van der Waals surface area contributed by atoms with Gasteiger partial charge in [-0.25, -0.2) is 9.80 Å². The maximum atomic E-state index is 13.8. The molecule has 3 aromatic carbocycles. The predicted molar refractivity (Wildman–Crippen MR) is 170 cm³/mol. The van der Waals surface area contributed by atoms with Gasteiger partial charge in [-0.15, -0.1) is 0 Å². The van der Waals surface area contributed by atoms with E-state index in [1.807, 2.05) is 0 Å². The minimum Gasteiger partial charge on any atom is -0.497 e. The van der Waals surface area contributed by atoms with Crippen LogP contribution >= 0.6 is 55.1 Å². The van der Waals surface area contributed by atoms with Gasteiger partial charge in [-0.3, -0.25) is 19.2 Å². The topological polar surface area (TPSA) is 110 Å². The number of rotatable bonds is 8. The Hall–Kier alpha value is -3.25. The molecule has 44 heavy (non-hydrogen) atoms. The molecule has 0 radical (unpaired) electrons. The smallest absolute Gasteiger partial charge is 0.343 e. The van der Waals surface area contributed by atoms with Gasteiger partial charge in [0.15, 0.2) is 5.78 Å². The van der Waals surface area contributed by atoms with Crippen molar-refractivity contribution in [1.29, 1.82) is 0 Å². The van der Waals surface area contributed by atoms with E-state index in [4.69, 9.17) is 32.7 Å². The number of Topliss-reactive ketones (excluding diaryl/α,β-unsaturated/α-hetero) is 1. The number of hydrazine groups is 1. The average Bonchev–Trinajstić information content (AvgIpc) is 3.24. The molecule has 9 nitrogen and oxygen atoms in total. The number of carbonyl (C=O) groups excluding carboxylic acids is 5. The number of amides is 3. The number of ketones is 1. The number of carbonyl (C=O) groups is 5. The number of ether oxygens (including phenoxy) is 2. The van der Waals surface area contributed by atoms with Crippen LogP contribution in [0.15, 0.2) is 66.7 Å². The van der Waals surface area contributed by atoms with Crippen molar-refractivity contribution < 1.29 is 33.4 Å². The Bertz CT molecular complexity index is 1620. The Morgan fingerprint density at radius 1 is 0.864 bits per heavy atom. The van der Waals surface area contributed by atoms with Crippen molar-refractivity contribution in [2.75, 3.05) is 13.7 Å². The number of halogens is 4. The van der Waals surface area contributed by atoms with Gasteiger partial charge in [0.25, 0.3) is 17.7 Å². The summed E-state index contributed by atoms with van der Waals surface area (Å²) >= 11 is 19.4. The van der Waals surface area contributed by atoms with Crippen LogP contribution in [0.1, 0.15) is 43.9 Å². The van der Waals surface area contributed by atoms with Gasteiger partial charge < -0.3 is 9.47 Å². The van der Waals surface area contributed by atoms with Crippen LogP contribution in [0.2, 0.25) is 10.0 Å². The highest BCUT2D eigenvalue weighted by molar-refractivity contribution is 9.12. The van der Waals surface area contributed by atoms with E-state index in [0.29, 0.717) is 18.6 Å². The van der Waals surface area contributed by atoms with Crippen LogP contribution in [0.4, 0.5) is 0 Å². The van der Waals surface area contributed by atoms with Crippen LogP contribution in [-0.2, 0) is 9.59 Å². The zero-order valence-corrected chi connectivity index (χ0v) is 27.7. The van der Waals surface area contributed by atoms with Crippen molar-refractivity contribution in [2.24, 2.45) is 11.8 Å². The van der Waals surface area contributed by atoms with E-state index in [1.54, 1.807) is 18.2 Å². The van der Waals surface area contributed by atoms with E-state index in [9.17, 15) is 24.0 Å². The van der Waals surface area contributed by atoms with Crippen LogP contribution in [0.3, 0.4) is 0 Å². The number of hydrogen-bond acceptors (Lipinski definition) is 7. The number of esters is 1. The molecule has 228 valence electrons. The molecule has 1 aliphatic carbocycles. The van der Waals surface area contributed by atoms with E-state index < -0.39 is 47.9 Å². The Morgan fingerprint density at radius 2 is 1.50 bits per heavy atom. The van der Waals surface area contributed by atoms with Gasteiger partial charge in [-0.05, 0) is 73.5 Å². The molecule has 0 N–H and O–H groups in total. The summed E-state index contributed by atoms with van der Waals surface area (Å²) in [4.78, 5) is 67.0. The second kappa shape index (κ2) is 13.4. The Balaban J connectivity index is 1.39. The van der Waals surface area contributed by atoms with Gasteiger partial charge in [0, 0.05) is 20.2 Å². The summed E-state index contributed by atoms with van der Waals surface area (Å²) in [6.07, 6.45) is 0.768. The van der Waals surface area contributed by atoms with Crippen LogP contribution in [-0.4, -0.2) is 62.8 Å². The van der Waals surface area contributed by atoms with Crippen molar-refractivity contribution in [1.82, 2.24) is 10.0 Å². The molecule has 13 heteroatoms. The van der Waals surface area contributed by atoms with Crippen molar-refractivity contribution in [2.45, 2.75) is 22.5 Å². The minimum atomic E-state index is -0.810. The number of benzene rings is 3. The summed E-state index contributed by atoms with van der Waals surface area (Å²) < 4.78 is 10.6. The summed E-state index contributed by atoms with van der Waals surface area (Å²) in [7, 11) is 1.48. The van der Waals surface area contributed by atoms with Crippen molar-refractivity contribution in [3.63, 3.8) is 0 Å². The first-order chi connectivity index (χ1) is 21.0. The van der Waals surface area contributed by atoms with Gasteiger partial charge in [0.2, 0.25) is 0 Å². The SMILES string of the molecule is COc1cccc(C(=O)Oc2ccc(C(=O)CN(C(=O)c3ccc(Cl)cc3Cl)N3C(=O)[C@@H]4C[C@H](Br)[C@@H](Br)C[C@H]4C3=O)cc2)c1. The molecule has 1 aliphatic heterocycles. The third-order valence-corrected chi connectivity index (χ3v) is 10.8. The summed E-state index contributed by atoms with van der Waals surface area (Å²) in [5, 5.41) is 1.92. The molecular weight excluding hydrogens is 743 g/mol. The number of hydrogen-bond donors (Lipinski definition) is 0. The lowest BCUT2D eigenvalue weighted by atomic mass is 9.81. The average molecular weight is 767 g/mol. The number of fused-ring (bicyclic) bond motifs is 1. The highest BCUT2D eigenvalue weighted by atomic mass is 79.9. The summed E-state index contributed by atoms with van der Waals surface area (Å²) in [6.45, 7) is -0.632. The monoisotopic (exact) mass is 764 g/mol. The fourth-order valence-electron chi connectivity index (χ4n) is 5.20. The van der Waals surface area contributed by atoms with Crippen molar-refractivity contribution in [3.05, 3.63) is 93.5 Å². The largest absolute Gasteiger partial charge is 0.497 e. The fraction of sp³-hybridized carbons (Fsp3) is 0.258. The molecule has 1 saturated heterocycles. The highest BCUT2D eigenvalue weighted by Gasteiger charge is 2.54. The van der Waals surface area contributed by atoms with Gasteiger partial charge in [-0.1, -0.05) is 61.1 Å². The number of imide groups is 1.